The molecule has 1 aliphatic rings. The van der Waals surface area contributed by atoms with Gasteiger partial charge in [0.1, 0.15) is 5.82 Å². The van der Waals surface area contributed by atoms with E-state index in [4.69, 9.17) is 4.74 Å². The molecule has 1 fully saturated rings. The third-order valence-electron chi connectivity index (χ3n) is 4.75. The van der Waals surface area contributed by atoms with Crippen molar-refractivity contribution in [2.75, 3.05) is 26.8 Å². The van der Waals surface area contributed by atoms with Gasteiger partial charge in [0.15, 0.2) is 0 Å². The Kier molecular flexibility index (Phi) is 5.49. The molecule has 3 rings (SSSR count). The average Bonchev–Trinajstić information content (AvgIpc) is 2.62. The molecule has 1 amide bonds. The molecule has 0 aromatic heterocycles. The first-order valence-corrected chi connectivity index (χ1v) is 8.73. The molecule has 2 aromatic carbocycles. The van der Waals surface area contributed by atoms with Crippen LogP contribution in [0.15, 0.2) is 42.5 Å². The first-order valence-electron chi connectivity index (χ1n) is 8.73. The van der Waals surface area contributed by atoms with E-state index in [-0.39, 0.29) is 11.7 Å². The van der Waals surface area contributed by atoms with Crippen LogP contribution < -0.4 is 0 Å². The smallest absolute Gasteiger partial charge is 0.253 e. The summed E-state index contributed by atoms with van der Waals surface area (Å²) in [5, 5.41) is 0. The minimum atomic E-state index is -0.261. The van der Waals surface area contributed by atoms with Crippen LogP contribution in [0.25, 0.3) is 11.1 Å². The second kappa shape index (κ2) is 7.79. The fraction of sp³-hybridized carbons (Fsp3) is 0.381. The number of carbonyl (C=O) groups excluding carboxylic acids is 1. The SMILES string of the molecule is COC[C@@H]1CCCN(C(=O)c2cccc(-c3ccc(C)cc3F)c2)C1. The van der Waals surface area contributed by atoms with E-state index in [1.54, 1.807) is 25.3 Å². The summed E-state index contributed by atoms with van der Waals surface area (Å²) >= 11 is 0. The lowest BCUT2D eigenvalue weighted by Crippen LogP contribution is -2.41. The zero-order chi connectivity index (χ0) is 17.8. The Morgan fingerprint density at radius 2 is 2.12 bits per heavy atom. The highest BCUT2D eigenvalue weighted by molar-refractivity contribution is 5.95. The van der Waals surface area contributed by atoms with E-state index in [1.807, 2.05) is 30.0 Å². The normalized spacial score (nSPS) is 17.6. The van der Waals surface area contributed by atoms with Gasteiger partial charge in [0.2, 0.25) is 0 Å². The van der Waals surface area contributed by atoms with Crippen molar-refractivity contribution in [2.24, 2.45) is 5.92 Å². The van der Waals surface area contributed by atoms with Crippen LogP contribution in [0.4, 0.5) is 4.39 Å². The number of ether oxygens (including phenoxy) is 1. The highest BCUT2D eigenvalue weighted by Gasteiger charge is 2.24. The van der Waals surface area contributed by atoms with Crippen LogP contribution in [0.1, 0.15) is 28.8 Å². The lowest BCUT2D eigenvalue weighted by atomic mass is 9.97. The summed E-state index contributed by atoms with van der Waals surface area (Å²) in [6, 6.07) is 12.4. The topological polar surface area (TPSA) is 29.5 Å². The van der Waals surface area contributed by atoms with E-state index in [0.717, 1.165) is 37.1 Å². The largest absolute Gasteiger partial charge is 0.384 e. The van der Waals surface area contributed by atoms with Gasteiger partial charge >= 0.3 is 0 Å². The Balaban J connectivity index is 1.82. The monoisotopic (exact) mass is 341 g/mol. The number of amides is 1. The standard InChI is InChI=1S/C21H24FNO2/c1-15-8-9-19(20(22)11-15)17-6-3-7-18(12-17)21(24)23-10-4-5-16(13-23)14-25-2/h3,6-9,11-12,16H,4-5,10,13-14H2,1-2H3/t16-/m1/s1. The minimum absolute atomic E-state index is 0.00942. The molecule has 0 aliphatic carbocycles. The second-order valence-corrected chi connectivity index (χ2v) is 6.78. The number of hydrogen-bond acceptors (Lipinski definition) is 2. The van der Waals surface area contributed by atoms with Crippen LogP contribution >= 0.6 is 0 Å². The number of piperidine rings is 1. The molecular weight excluding hydrogens is 317 g/mol. The maximum Gasteiger partial charge on any atom is 0.253 e. The highest BCUT2D eigenvalue weighted by Crippen LogP contribution is 2.26. The fourth-order valence-electron chi connectivity index (χ4n) is 3.48. The Bertz CT molecular complexity index is 757. The van der Waals surface area contributed by atoms with Gasteiger partial charge in [-0.25, -0.2) is 4.39 Å². The van der Waals surface area contributed by atoms with Crippen LogP contribution in [0.5, 0.6) is 0 Å². The van der Waals surface area contributed by atoms with Gasteiger partial charge in [-0.2, -0.15) is 0 Å². The molecule has 0 spiro atoms. The van der Waals surface area contributed by atoms with Gasteiger partial charge in [-0.05, 0) is 55.0 Å². The number of hydrogen-bond donors (Lipinski definition) is 0. The summed E-state index contributed by atoms with van der Waals surface area (Å²) in [5.41, 5.74) is 2.74. The van der Waals surface area contributed by atoms with Crippen molar-refractivity contribution in [1.29, 1.82) is 0 Å². The van der Waals surface area contributed by atoms with Gasteiger partial charge in [0.05, 0.1) is 6.61 Å². The van der Waals surface area contributed by atoms with Gasteiger partial charge in [0, 0.05) is 31.3 Å². The second-order valence-electron chi connectivity index (χ2n) is 6.78. The lowest BCUT2D eigenvalue weighted by molar-refractivity contribution is 0.0571. The average molecular weight is 341 g/mol. The van der Waals surface area contributed by atoms with Crippen LogP contribution in [-0.4, -0.2) is 37.6 Å². The summed E-state index contributed by atoms with van der Waals surface area (Å²) in [7, 11) is 1.69. The summed E-state index contributed by atoms with van der Waals surface area (Å²) in [6.45, 7) is 4.02. The third kappa shape index (κ3) is 4.07. The lowest BCUT2D eigenvalue weighted by Gasteiger charge is -2.32. The number of rotatable bonds is 4. The molecule has 0 radical (unpaired) electrons. The summed E-state index contributed by atoms with van der Waals surface area (Å²) in [4.78, 5) is 14.8. The summed E-state index contributed by atoms with van der Waals surface area (Å²) in [5.74, 6) is 0.137. The molecule has 0 unspecified atom stereocenters. The van der Waals surface area contributed by atoms with Crippen molar-refractivity contribution >= 4 is 5.91 Å². The Hall–Kier alpha value is -2.20. The molecular formula is C21H24FNO2. The quantitative estimate of drug-likeness (QED) is 0.830. The molecule has 2 aromatic rings. The Morgan fingerprint density at radius 1 is 1.28 bits per heavy atom. The number of carbonyl (C=O) groups is 1. The van der Waals surface area contributed by atoms with E-state index in [1.165, 1.54) is 6.07 Å². The summed E-state index contributed by atoms with van der Waals surface area (Å²) < 4.78 is 19.5. The molecule has 0 saturated carbocycles. The van der Waals surface area contributed by atoms with E-state index >= 15 is 0 Å². The molecule has 1 heterocycles. The van der Waals surface area contributed by atoms with Gasteiger partial charge in [0.25, 0.3) is 5.91 Å². The number of halogens is 1. The number of benzene rings is 2. The maximum atomic E-state index is 14.3. The van der Waals surface area contributed by atoms with Gasteiger partial charge in [-0.15, -0.1) is 0 Å². The fourth-order valence-corrected chi connectivity index (χ4v) is 3.48. The van der Waals surface area contributed by atoms with E-state index in [9.17, 15) is 9.18 Å². The number of aryl methyl sites for hydroxylation is 1. The van der Waals surface area contributed by atoms with E-state index < -0.39 is 0 Å². The predicted octanol–water partition coefficient (Wildman–Crippen LogP) is 4.30. The maximum absolute atomic E-state index is 14.3. The molecule has 0 bridgehead atoms. The Morgan fingerprint density at radius 3 is 2.88 bits per heavy atom. The third-order valence-corrected chi connectivity index (χ3v) is 4.75. The predicted molar refractivity (Wildman–Crippen MR) is 97.1 cm³/mol. The Labute approximate surface area is 148 Å². The van der Waals surface area contributed by atoms with Crippen LogP contribution in [0.2, 0.25) is 0 Å². The number of methoxy groups -OCH3 is 1. The zero-order valence-electron chi connectivity index (χ0n) is 14.8. The molecule has 1 aliphatic heterocycles. The van der Waals surface area contributed by atoms with Crippen molar-refractivity contribution < 1.29 is 13.9 Å². The van der Waals surface area contributed by atoms with E-state index in [2.05, 4.69) is 0 Å². The van der Waals surface area contributed by atoms with Gasteiger partial charge < -0.3 is 9.64 Å². The van der Waals surface area contributed by atoms with Crippen LogP contribution in [-0.2, 0) is 4.74 Å². The molecule has 1 atom stereocenters. The first kappa shape index (κ1) is 17.6. The molecule has 25 heavy (non-hydrogen) atoms. The van der Waals surface area contributed by atoms with Crippen molar-refractivity contribution in [3.05, 3.63) is 59.4 Å². The molecule has 4 heteroatoms. The molecule has 3 nitrogen and oxygen atoms in total. The highest BCUT2D eigenvalue weighted by atomic mass is 19.1. The number of likely N-dealkylation sites (tertiary alicyclic amines) is 1. The van der Waals surface area contributed by atoms with Gasteiger partial charge in [-0.1, -0.05) is 24.3 Å². The van der Waals surface area contributed by atoms with Crippen molar-refractivity contribution in [2.45, 2.75) is 19.8 Å². The first-order chi connectivity index (χ1) is 12.1. The van der Waals surface area contributed by atoms with Crippen molar-refractivity contribution in [1.82, 2.24) is 4.90 Å². The van der Waals surface area contributed by atoms with Crippen molar-refractivity contribution in [3.8, 4) is 11.1 Å². The molecule has 0 N–H and O–H groups in total. The minimum Gasteiger partial charge on any atom is -0.384 e. The molecule has 132 valence electrons. The van der Waals surface area contributed by atoms with Crippen LogP contribution in [0.3, 0.4) is 0 Å². The van der Waals surface area contributed by atoms with Crippen molar-refractivity contribution in [3.63, 3.8) is 0 Å². The van der Waals surface area contributed by atoms with Gasteiger partial charge in [-0.3, -0.25) is 4.79 Å². The molecule has 1 saturated heterocycles. The van der Waals surface area contributed by atoms with Crippen LogP contribution in [0, 0.1) is 18.7 Å². The van der Waals surface area contributed by atoms with E-state index in [0.29, 0.717) is 23.7 Å². The number of nitrogens with zero attached hydrogens (tertiary/aromatic N) is 1. The summed E-state index contributed by atoms with van der Waals surface area (Å²) in [6.07, 6.45) is 2.08. The zero-order valence-corrected chi connectivity index (χ0v) is 14.8.